The van der Waals surface area contributed by atoms with Crippen LogP contribution in [0.4, 0.5) is 4.79 Å². The van der Waals surface area contributed by atoms with Gasteiger partial charge in [0.2, 0.25) is 5.91 Å². The summed E-state index contributed by atoms with van der Waals surface area (Å²) in [7, 11) is 0. The first-order valence-electron chi connectivity index (χ1n) is 9.88. The summed E-state index contributed by atoms with van der Waals surface area (Å²) in [6, 6.07) is 7.32. The van der Waals surface area contributed by atoms with Crippen molar-refractivity contribution in [2.24, 2.45) is 0 Å². The van der Waals surface area contributed by atoms with Gasteiger partial charge in [-0.15, -0.1) is 0 Å². The van der Waals surface area contributed by atoms with E-state index in [1.165, 1.54) is 0 Å². The SMILES string of the molecule is CCCNC(=O)CN1CCC(NC(=O)NC2c3ccccc3CC2O)CC1. The summed E-state index contributed by atoms with van der Waals surface area (Å²) < 4.78 is 0. The molecule has 1 heterocycles. The molecule has 1 fully saturated rings. The first-order chi connectivity index (χ1) is 13.1. The van der Waals surface area contributed by atoms with Gasteiger partial charge in [-0.1, -0.05) is 31.2 Å². The van der Waals surface area contributed by atoms with E-state index in [0.717, 1.165) is 43.5 Å². The third kappa shape index (κ3) is 5.20. The molecule has 2 aliphatic rings. The van der Waals surface area contributed by atoms with Gasteiger partial charge in [-0.25, -0.2) is 4.79 Å². The van der Waals surface area contributed by atoms with Crippen LogP contribution in [-0.2, 0) is 11.2 Å². The second-order valence-corrected chi connectivity index (χ2v) is 7.47. The molecule has 1 saturated heterocycles. The minimum atomic E-state index is -0.586. The molecule has 4 N–H and O–H groups in total. The van der Waals surface area contributed by atoms with E-state index in [0.29, 0.717) is 19.5 Å². The number of aliphatic hydroxyl groups is 1. The van der Waals surface area contributed by atoms with Crippen molar-refractivity contribution in [1.82, 2.24) is 20.9 Å². The fraction of sp³-hybridized carbons (Fsp3) is 0.600. The molecule has 0 radical (unpaired) electrons. The van der Waals surface area contributed by atoms with Crippen LogP contribution in [-0.4, -0.2) is 60.3 Å². The van der Waals surface area contributed by atoms with Gasteiger partial charge in [0.15, 0.2) is 0 Å². The van der Waals surface area contributed by atoms with Gasteiger partial charge in [0, 0.05) is 32.1 Å². The summed E-state index contributed by atoms with van der Waals surface area (Å²) >= 11 is 0. The zero-order chi connectivity index (χ0) is 19.2. The molecule has 3 amide bonds. The Labute approximate surface area is 160 Å². The largest absolute Gasteiger partial charge is 0.390 e. The van der Waals surface area contributed by atoms with E-state index in [1.807, 2.05) is 31.2 Å². The van der Waals surface area contributed by atoms with E-state index in [1.54, 1.807) is 0 Å². The van der Waals surface area contributed by atoms with E-state index in [2.05, 4.69) is 20.9 Å². The van der Waals surface area contributed by atoms with Gasteiger partial charge in [-0.05, 0) is 30.4 Å². The maximum absolute atomic E-state index is 12.4. The molecule has 148 valence electrons. The van der Waals surface area contributed by atoms with Crippen LogP contribution in [0.1, 0.15) is 43.4 Å². The van der Waals surface area contributed by atoms with Gasteiger partial charge in [0.1, 0.15) is 0 Å². The summed E-state index contributed by atoms with van der Waals surface area (Å²) in [6.07, 6.45) is 2.56. The molecule has 0 saturated carbocycles. The highest BCUT2D eigenvalue weighted by molar-refractivity contribution is 5.78. The van der Waals surface area contributed by atoms with E-state index in [4.69, 9.17) is 0 Å². The van der Waals surface area contributed by atoms with Crippen molar-refractivity contribution in [2.45, 2.75) is 50.8 Å². The molecular formula is C20H30N4O3. The Morgan fingerprint density at radius 3 is 2.67 bits per heavy atom. The number of benzene rings is 1. The van der Waals surface area contributed by atoms with E-state index in [-0.39, 0.29) is 24.0 Å². The number of likely N-dealkylation sites (tertiary alicyclic amines) is 1. The highest BCUT2D eigenvalue weighted by atomic mass is 16.3. The molecule has 2 atom stereocenters. The van der Waals surface area contributed by atoms with Gasteiger partial charge in [-0.3, -0.25) is 9.69 Å². The summed E-state index contributed by atoms with van der Waals surface area (Å²) in [6.45, 7) is 4.75. The van der Waals surface area contributed by atoms with Gasteiger partial charge < -0.3 is 21.1 Å². The average Bonchev–Trinajstić information content (AvgIpc) is 2.97. The van der Waals surface area contributed by atoms with Crippen LogP contribution in [0, 0.1) is 0 Å². The van der Waals surface area contributed by atoms with Crippen molar-refractivity contribution in [2.75, 3.05) is 26.2 Å². The first-order valence-corrected chi connectivity index (χ1v) is 9.88. The van der Waals surface area contributed by atoms with Crippen LogP contribution in [0.2, 0.25) is 0 Å². The number of urea groups is 1. The third-order valence-electron chi connectivity index (χ3n) is 5.35. The molecule has 7 heteroatoms. The van der Waals surface area contributed by atoms with Crippen LogP contribution in [0.15, 0.2) is 24.3 Å². The normalized spacial score (nSPS) is 22.9. The second kappa shape index (κ2) is 9.19. The van der Waals surface area contributed by atoms with Crippen molar-refractivity contribution >= 4 is 11.9 Å². The zero-order valence-corrected chi connectivity index (χ0v) is 15.9. The zero-order valence-electron chi connectivity index (χ0n) is 15.9. The van der Waals surface area contributed by atoms with Crippen molar-refractivity contribution in [3.05, 3.63) is 35.4 Å². The lowest BCUT2D eigenvalue weighted by atomic mass is 10.1. The number of aliphatic hydroxyl groups excluding tert-OH is 1. The number of rotatable bonds is 6. The van der Waals surface area contributed by atoms with Crippen LogP contribution in [0.3, 0.4) is 0 Å². The van der Waals surface area contributed by atoms with Crippen LogP contribution >= 0.6 is 0 Å². The Morgan fingerprint density at radius 2 is 1.93 bits per heavy atom. The number of piperidine rings is 1. The van der Waals surface area contributed by atoms with E-state index >= 15 is 0 Å². The lowest BCUT2D eigenvalue weighted by molar-refractivity contribution is -0.122. The molecule has 1 aromatic carbocycles. The Kier molecular flexibility index (Phi) is 6.68. The van der Waals surface area contributed by atoms with E-state index in [9.17, 15) is 14.7 Å². The van der Waals surface area contributed by atoms with Gasteiger partial charge in [0.25, 0.3) is 0 Å². The number of fused-ring (bicyclic) bond motifs is 1. The number of nitrogens with zero attached hydrogens (tertiary/aromatic N) is 1. The van der Waals surface area contributed by atoms with Gasteiger partial charge in [0.05, 0.1) is 18.7 Å². The summed E-state index contributed by atoms with van der Waals surface area (Å²) in [4.78, 5) is 26.3. The smallest absolute Gasteiger partial charge is 0.315 e. The lowest BCUT2D eigenvalue weighted by Crippen LogP contribution is -2.50. The molecule has 0 bridgehead atoms. The highest BCUT2D eigenvalue weighted by Gasteiger charge is 2.32. The predicted octanol–water partition coefficient (Wildman–Crippen LogP) is 0.935. The van der Waals surface area contributed by atoms with Crippen molar-refractivity contribution in [3.8, 4) is 0 Å². The molecule has 1 aliphatic heterocycles. The Balaban J connectivity index is 1.42. The molecule has 1 aliphatic carbocycles. The quantitative estimate of drug-likeness (QED) is 0.596. The number of amides is 3. The molecule has 2 unspecified atom stereocenters. The van der Waals surface area contributed by atoms with Gasteiger partial charge in [-0.2, -0.15) is 0 Å². The number of nitrogens with one attached hydrogen (secondary N) is 3. The Bertz CT molecular complexity index is 658. The summed E-state index contributed by atoms with van der Waals surface area (Å²) in [5.74, 6) is 0.0647. The summed E-state index contributed by atoms with van der Waals surface area (Å²) in [5.41, 5.74) is 2.08. The lowest BCUT2D eigenvalue weighted by Gasteiger charge is -2.32. The molecule has 0 spiro atoms. The van der Waals surface area contributed by atoms with Crippen LogP contribution in [0.5, 0.6) is 0 Å². The van der Waals surface area contributed by atoms with Crippen LogP contribution < -0.4 is 16.0 Å². The van der Waals surface area contributed by atoms with E-state index < -0.39 is 6.10 Å². The molecule has 0 aromatic heterocycles. The number of hydrogen-bond acceptors (Lipinski definition) is 4. The highest BCUT2D eigenvalue weighted by Crippen LogP contribution is 2.31. The average molecular weight is 374 g/mol. The minimum Gasteiger partial charge on any atom is -0.390 e. The molecular weight excluding hydrogens is 344 g/mol. The number of carbonyl (C=O) groups is 2. The first kappa shape index (κ1) is 19.6. The maximum Gasteiger partial charge on any atom is 0.315 e. The van der Waals surface area contributed by atoms with Crippen molar-refractivity contribution in [1.29, 1.82) is 0 Å². The topological polar surface area (TPSA) is 93.7 Å². The monoisotopic (exact) mass is 374 g/mol. The van der Waals surface area contributed by atoms with Gasteiger partial charge >= 0.3 is 6.03 Å². The van der Waals surface area contributed by atoms with Crippen LogP contribution in [0.25, 0.3) is 0 Å². The molecule has 3 rings (SSSR count). The molecule has 27 heavy (non-hydrogen) atoms. The number of hydrogen-bond donors (Lipinski definition) is 4. The predicted molar refractivity (Wildman–Crippen MR) is 103 cm³/mol. The third-order valence-corrected chi connectivity index (χ3v) is 5.35. The molecule has 1 aromatic rings. The summed E-state index contributed by atoms with van der Waals surface area (Å²) in [5, 5.41) is 19.1. The molecule has 7 nitrogen and oxygen atoms in total. The fourth-order valence-corrected chi connectivity index (χ4v) is 3.87. The Hall–Kier alpha value is -2.12. The van der Waals surface area contributed by atoms with Crippen molar-refractivity contribution < 1.29 is 14.7 Å². The standard InChI is InChI=1S/C20H30N4O3/c1-2-9-21-18(26)13-24-10-7-15(8-11-24)22-20(27)23-19-16-6-4-3-5-14(16)12-17(19)25/h3-6,15,17,19,25H,2,7-13H2,1H3,(H,21,26)(H2,22,23,27). The maximum atomic E-state index is 12.4. The minimum absolute atomic E-state index is 0.0647. The Morgan fingerprint density at radius 1 is 1.19 bits per heavy atom. The fourth-order valence-electron chi connectivity index (χ4n) is 3.87. The van der Waals surface area contributed by atoms with Crippen molar-refractivity contribution in [3.63, 3.8) is 0 Å². The second-order valence-electron chi connectivity index (χ2n) is 7.47. The number of carbonyl (C=O) groups excluding carboxylic acids is 2.